The molecule has 0 spiro atoms. The Bertz CT molecular complexity index is 886. The summed E-state index contributed by atoms with van der Waals surface area (Å²) in [5, 5.41) is 9.10. The minimum atomic E-state index is -0.666. The van der Waals surface area contributed by atoms with E-state index in [1.54, 1.807) is 48.7 Å². The number of pyridine rings is 1. The van der Waals surface area contributed by atoms with E-state index in [1.807, 2.05) is 0 Å². The molecule has 122 valence electrons. The number of aromatic nitrogens is 3. The Kier molecular flexibility index (Phi) is 4.23. The highest BCUT2D eigenvalue weighted by Crippen LogP contribution is 2.13. The van der Waals surface area contributed by atoms with E-state index in [4.69, 9.17) is 9.15 Å². The van der Waals surface area contributed by atoms with Crippen LogP contribution < -0.4 is 21.1 Å². The molecule has 2 amide bonds. The highest BCUT2D eigenvalue weighted by molar-refractivity contribution is 5.99. The summed E-state index contributed by atoms with van der Waals surface area (Å²) in [6.45, 7) is 0. The molecule has 0 fully saturated rings. The number of rotatable bonds is 4. The Morgan fingerprint density at radius 3 is 2.58 bits per heavy atom. The van der Waals surface area contributed by atoms with Crippen molar-refractivity contribution < 1.29 is 13.9 Å². The van der Waals surface area contributed by atoms with Crippen LogP contribution in [0.1, 0.15) is 0 Å². The Labute approximate surface area is 135 Å². The lowest BCUT2D eigenvalue weighted by Crippen LogP contribution is -2.20. The van der Waals surface area contributed by atoms with E-state index < -0.39 is 11.8 Å². The second-order valence-corrected chi connectivity index (χ2v) is 4.59. The molecule has 9 nitrogen and oxygen atoms in total. The molecule has 0 atom stereocenters. The van der Waals surface area contributed by atoms with Crippen LogP contribution in [-0.4, -0.2) is 27.9 Å². The first kappa shape index (κ1) is 15.3. The fraction of sp³-hybridized carbons (Fsp3) is 0.0667. The van der Waals surface area contributed by atoms with E-state index in [2.05, 4.69) is 20.7 Å². The third-order valence-electron chi connectivity index (χ3n) is 2.98. The number of carbonyl (C=O) groups is 1. The molecule has 3 aromatic rings. The number of nitrogens with zero attached hydrogens (tertiary/aromatic N) is 3. The second-order valence-electron chi connectivity index (χ2n) is 4.59. The summed E-state index contributed by atoms with van der Waals surface area (Å²) >= 11 is 0. The normalized spacial score (nSPS) is 10.2. The minimum absolute atomic E-state index is 0.128. The van der Waals surface area contributed by atoms with E-state index in [9.17, 15) is 9.59 Å². The number of amides is 2. The number of methoxy groups -OCH3 is 1. The molecule has 9 heteroatoms. The van der Waals surface area contributed by atoms with Crippen molar-refractivity contribution in [3.63, 3.8) is 0 Å². The maximum Gasteiger partial charge on any atom is 0.444 e. The quantitative estimate of drug-likeness (QED) is 0.757. The number of urea groups is 1. The number of benzene rings is 1. The zero-order valence-corrected chi connectivity index (χ0v) is 12.6. The number of nitrogens with one attached hydrogen (secondary N) is 2. The van der Waals surface area contributed by atoms with Gasteiger partial charge in [0.15, 0.2) is 0 Å². The maximum absolute atomic E-state index is 11.9. The van der Waals surface area contributed by atoms with Crippen LogP contribution in [0.15, 0.2) is 57.9 Å². The summed E-state index contributed by atoms with van der Waals surface area (Å²) in [5.74, 6) is -0.228. The van der Waals surface area contributed by atoms with Crippen LogP contribution >= 0.6 is 0 Å². The van der Waals surface area contributed by atoms with Crippen molar-refractivity contribution in [3.05, 3.63) is 59.2 Å². The first-order valence-corrected chi connectivity index (χ1v) is 6.89. The van der Waals surface area contributed by atoms with Gasteiger partial charge in [0.05, 0.1) is 12.8 Å². The lowest BCUT2D eigenvalue weighted by molar-refractivity contribution is 0.262. The predicted molar refractivity (Wildman–Crippen MR) is 85.5 cm³/mol. The van der Waals surface area contributed by atoms with Gasteiger partial charge in [0.25, 0.3) is 0 Å². The SMILES string of the molecule is COc1nn(-c2ccc(NC(=O)Nc3ccccn3)cc2)c(=O)o1. The number of carbonyl (C=O) groups excluding carboxylic acids is 1. The zero-order chi connectivity index (χ0) is 16.9. The molecule has 0 saturated heterocycles. The molecule has 0 radical (unpaired) electrons. The maximum atomic E-state index is 11.9. The van der Waals surface area contributed by atoms with Crippen molar-refractivity contribution in [2.45, 2.75) is 0 Å². The summed E-state index contributed by atoms with van der Waals surface area (Å²) in [4.78, 5) is 27.5. The topological polar surface area (TPSA) is 111 Å². The summed E-state index contributed by atoms with van der Waals surface area (Å²) in [7, 11) is 1.35. The van der Waals surface area contributed by atoms with Crippen LogP contribution in [0.2, 0.25) is 0 Å². The van der Waals surface area contributed by atoms with Crippen molar-refractivity contribution in [2.75, 3.05) is 17.7 Å². The monoisotopic (exact) mass is 327 g/mol. The summed E-state index contributed by atoms with van der Waals surface area (Å²) in [6, 6.07) is 11.2. The Hall–Kier alpha value is -3.62. The van der Waals surface area contributed by atoms with Crippen LogP contribution in [0.4, 0.5) is 16.3 Å². The van der Waals surface area contributed by atoms with E-state index in [0.717, 1.165) is 4.68 Å². The Morgan fingerprint density at radius 2 is 1.96 bits per heavy atom. The average molecular weight is 327 g/mol. The molecule has 1 aromatic carbocycles. The number of ether oxygens (including phenoxy) is 1. The molecule has 2 heterocycles. The zero-order valence-electron chi connectivity index (χ0n) is 12.6. The molecule has 0 unspecified atom stereocenters. The number of hydrogen-bond acceptors (Lipinski definition) is 6. The first-order chi connectivity index (χ1) is 11.7. The summed E-state index contributed by atoms with van der Waals surface area (Å²) in [6.07, 6.45) is 1.45. The number of anilines is 2. The van der Waals surface area contributed by atoms with Crippen LogP contribution in [-0.2, 0) is 0 Å². The lowest BCUT2D eigenvalue weighted by Gasteiger charge is -2.07. The van der Waals surface area contributed by atoms with E-state index in [-0.39, 0.29) is 6.08 Å². The fourth-order valence-corrected chi connectivity index (χ4v) is 1.91. The van der Waals surface area contributed by atoms with E-state index in [1.165, 1.54) is 7.11 Å². The highest BCUT2D eigenvalue weighted by Gasteiger charge is 2.10. The van der Waals surface area contributed by atoms with Gasteiger partial charge in [-0.1, -0.05) is 11.2 Å². The molecular weight excluding hydrogens is 314 g/mol. The molecule has 0 saturated carbocycles. The van der Waals surface area contributed by atoms with Gasteiger partial charge in [0.2, 0.25) is 0 Å². The van der Waals surface area contributed by atoms with Crippen LogP contribution in [0.5, 0.6) is 6.08 Å². The average Bonchev–Trinajstić information content (AvgIpc) is 2.97. The van der Waals surface area contributed by atoms with Crippen molar-refractivity contribution >= 4 is 17.5 Å². The third-order valence-corrected chi connectivity index (χ3v) is 2.98. The largest absolute Gasteiger partial charge is 0.452 e. The molecule has 0 aliphatic heterocycles. The third kappa shape index (κ3) is 3.40. The van der Waals surface area contributed by atoms with Gasteiger partial charge in [-0.3, -0.25) is 5.32 Å². The fourth-order valence-electron chi connectivity index (χ4n) is 1.91. The molecule has 0 bridgehead atoms. The Morgan fingerprint density at radius 1 is 1.17 bits per heavy atom. The van der Waals surface area contributed by atoms with Gasteiger partial charge in [0.1, 0.15) is 5.82 Å². The van der Waals surface area contributed by atoms with Crippen LogP contribution in [0, 0.1) is 0 Å². The lowest BCUT2D eigenvalue weighted by atomic mass is 10.3. The molecule has 24 heavy (non-hydrogen) atoms. The predicted octanol–water partition coefficient (Wildman–Crippen LogP) is 1.87. The van der Waals surface area contributed by atoms with Gasteiger partial charge in [-0.15, -0.1) is 0 Å². The molecule has 2 N–H and O–H groups in total. The Balaban J connectivity index is 1.69. The van der Waals surface area contributed by atoms with Crippen molar-refractivity contribution in [1.82, 2.24) is 14.8 Å². The molecular formula is C15H13N5O4. The van der Waals surface area contributed by atoms with Crippen molar-refractivity contribution in [1.29, 1.82) is 0 Å². The first-order valence-electron chi connectivity index (χ1n) is 6.89. The van der Waals surface area contributed by atoms with E-state index in [0.29, 0.717) is 17.2 Å². The molecule has 0 aliphatic rings. The molecule has 3 rings (SSSR count). The van der Waals surface area contributed by atoms with Gasteiger partial charge in [-0.05, 0) is 36.4 Å². The van der Waals surface area contributed by atoms with Crippen molar-refractivity contribution in [3.8, 4) is 11.8 Å². The van der Waals surface area contributed by atoms with Crippen LogP contribution in [0.25, 0.3) is 5.69 Å². The van der Waals surface area contributed by atoms with Crippen molar-refractivity contribution in [2.24, 2.45) is 0 Å². The van der Waals surface area contributed by atoms with Crippen LogP contribution in [0.3, 0.4) is 0 Å². The summed E-state index contributed by atoms with van der Waals surface area (Å²) < 4.78 is 10.6. The van der Waals surface area contributed by atoms with Gasteiger partial charge in [-0.25, -0.2) is 14.6 Å². The standard InChI is InChI=1S/C15H13N5O4/c1-23-14-19-20(15(22)24-14)11-7-5-10(6-8-11)17-13(21)18-12-4-2-3-9-16-12/h2-9H,1H3,(H2,16,17,18,21). The molecule has 0 aliphatic carbocycles. The minimum Gasteiger partial charge on any atom is -0.452 e. The summed E-state index contributed by atoms with van der Waals surface area (Å²) in [5.41, 5.74) is 1.01. The molecule has 2 aromatic heterocycles. The second kappa shape index (κ2) is 6.65. The highest BCUT2D eigenvalue weighted by atomic mass is 16.6. The van der Waals surface area contributed by atoms with Gasteiger partial charge in [0, 0.05) is 11.9 Å². The van der Waals surface area contributed by atoms with Gasteiger partial charge >= 0.3 is 17.9 Å². The smallest absolute Gasteiger partial charge is 0.444 e. The number of hydrogen-bond donors (Lipinski definition) is 2. The van der Waals surface area contributed by atoms with Gasteiger partial charge in [-0.2, -0.15) is 4.68 Å². The van der Waals surface area contributed by atoms with Gasteiger partial charge < -0.3 is 14.5 Å². The van der Waals surface area contributed by atoms with E-state index >= 15 is 0 Å².